The second-order valence-electron chi connectivity index (χ2n) is 14.5. The van der Waals surface area contributed by atoms with Crippen molar-refractivity contribution in [2.75, 3.05) is 6.61 Å². The van der Waals surface area contributed by atoms with Crippen LogP contribution in [0.5, 0.6) is 0 Å². The highest BCUT2D eigenvalue weighted by Crippen LogP contribution is 2.32. The van der Waals surface area contributed by atoms with Crippen molar-refractivity contribution in [2.24, 2.45) is 11.1 Å². The summed E-state index contributed by atoms with van der Waals surface area (Å²) in [4.78, 5) is 62.7. The molecule has 0 aromatic heterocycles. The summed E-state index contributed by atoms with van der Waals surface area (Å²) in [5.41, 5.74) is 3.41. The molecule has 45 heavy (non-hydrogen) atoms. The number of Topliss-reactive ketones (excluding diaryl/α,β-unsaturated/α-hetero) is 1. The first-order valence-electron chi connectivity index (χ1n) is 15.3. The molecule has 260 valence electrons. The van der Waals surface area contributed by atoms with Gasteiger partial charge in [0.25, 0.3) is 0 Å². The zero-order chi connectivity index (χ0) is 35.1. The number of carbonyl (C=O) groups excluding carboxylic acids is 5. The molecule has 8 atom stereocenters. The Bertz CT molecular complexity index is 1050. The maximum atomic E-state index is 13.3. The summed E-state index contributed by atoms with van der Waals surface area (Å²) in [5, 5.41) is 18.1. The topological polar surface area (TPSA) is 205 Å². The number of hydrogen-bond acceptors (Lipinski definition) is 10. The van der Waals surface area contributed by atoms with Gasteiger partial charge < -0.3 is 45.7 Å². The van der Waals surface area contributed by atoms with Crippen LogP contribution in [0.4, 0.5) is 0 Å². The lowest BCUT2D eigenvalue weighted by Gasteiger charge is -2.49. The van der Waals surface area contributed by atoms with Gasteiger partial charge >= 0.3 is 0 Å². The number of primary amides is 1. The van der Waals surface area contributed by atoms with Gasteiger partial charge in [-0.15, -0.1) is 0 Å². The number of aliphatic hydroxyl groups is 1. The Balaban J connectivity index is 3.17. The van der Waals surface area contributed by atoms with Crippen LogP contribution in [0, 0.1) is 5.41 Å². The van der Waals surface area contributed by atoms with Crippen LogP contribution >= 0.6 is 0 Å². The zero-order valence-electron chi connectivity index (χ0n) is 28.9. The molecule has 1 aliphatic heterocycles. The molecule has 14 nitrogen and oxygen atoms in total. The maximum Gasteiger partial charge on any atom is 0.249 e. The summed E-state index contributed by atoms with van der Waals surface area (Å²) in [6.07, 6.45) is -5.09. The maximum absolute atomic E-state index is 13.3. The van der Waals surface area contributed by atoms with E-state index in [2.05, 4.69) is 16.0 Å². The van der Waals surface area contributed by atoms with E-state index in [1.807, 2.05) is 0 Å². The third kappa shape index (κ3) is 13.7. The number of nitrogens with one attached hydrogen (secondary N) is 3. The van der Waals surface area contributed by atoms with Crippen molar-refractivity contribution in [3.8, 4) is 0 Å². The lowest BCUT2D eigenvalue weighted by atomic mass is 9.87. The largest absolute Gasteiger partial charge is 0.394 e. The van der Waals surface area contributed by atoms with Gasteiger partial charge in [-0.3, -0.25) is 24.0 Å². The molecule has 1 aliphatic rings. The fourth-order valence-electron chi connectivity index (χ4n) is 4.53. The van der Waals surface area contributed by atoms with Crippen molar-refractivity contribution < 1.29 is 48.0 Å². The van der Waals surface area contributed by atoms with Gasteiger partial charge in [0.1, 0.15) is 48.3 Å². The van der Waals surface area contributed by atoms with Crippen LogP contribution in [0.3, 0.4) is 0 Å². The lowest BCUT2D eigenvalue weighted by molar-refractivity contribution is -0.316. The molecular weight excluding hydrogens is 588 g/mol. The fourth-order valence-corrected chi connectivity index (χ4v) is 4.53. The molecule has 4 amide bonds. The molecule has 0 spiro atoms. The van der Waals surface area contributed by atoms with Crippen LogP contribution in [0.15, 0.2) is 0 Å². The number of ether oxygens (including phenoxy) is 4. The smallest absolute Gasteiger partial charge is 0.249 e. The second kappa shape index (κ2) is 16.3. The van der Waals surface area contributed by atoms with E-state index in [0.29, 0.717) is 0 Å². The van der Waals surface area contributed by atoms with E-state index < -0.39 is 95.7 Å². The Hall–Kier alpha value is -2.65. The van der Waals surface area contributed by atoms with Crippen molar-refractivity contribution in [3.63, 3.8) is 0 Å². The van der Waals surface area contributed by atoms with E-state index in [4.69, 9.17) is 24.7 Å². The van der Waals surface area contributed by atoms with Gasteiger partial charge in [0.2, 0.25) is 23.6 Å². The van der Waals surface area contributed by atoms with Gasteiger partial charge in [0, 0.05) is 18.8 Å². The molecule has 0 aromatic rings. The normalized spacial score (nSPS) is 24.6. The molecule has 0 aliphatic carbocycles. The molecule has 0 radical (unpaired) electrons. The average molecular weight is 645 g/mol. The summed E-state index contributed by atoms with van der Waals surface area (Å²) in [6.45, 7) is 19.8. The molecule has 14 heteroatoms. The highest BCUT2D eigenvalue weighted by Gasteiger charge is 2.51. The van der Waals surface area contributed by atoms with E-state index in [0.717, 1.165) is 0 Å². The van der Waals surface area contributed by atoms with Gasteiger partial charge in [0.15, 0.2) is 6.29 Å². The quantitative estimate of drug-likeness (QED) is 0.180. The summed E-state index contributed by atoms with van der Waals surface area (Å²) in [7, 11) is 0. The Labute approximate surface area is 267 Å². The average Bonchev–Trinajstić information content (AvgIpc) is 2.86. The standard InChI is InChI=1S/C31H56N4O10/c1-16(26(40)35-19(25(32)39)13-14-21(38)29(4,5)6)33-27(41)17(2)42-24-22(34-18(3)37)28(45-31(10,11)12)43-20(15-36)23(24)44-30(7,8)9/h16-17,19-20,22-24,28,36H,13-15H2,1-12H3,(H2,32,39)(H,33,41)(H,34,37)(H,35,40)/t16-,17+,19?,20?,22?,23+,24+,28+/m0/s1. The van der Waals surface area contributed by atoms with E-state index >= 15 is 0 Å². The van der Waals surface area contributed by atoms with Gasteiger partial charge in [0.05, 0.1) is 17.8 Å². The lowest BCUT2D eigenvalue weighted by Crippen LogP contribution is -2.68. The molecule has 6 N–H and O–H groups in total. The van der Waals surface area contributed by atoms with E-state index in [1.54, 1.807) is 62.3 Å². The van der Waals surface area contributed by atoms with Crippen LogP contribution in [0.1, 0.15) is 95.9 Å². The summed E-state index contributed by atoms with van der Waals surface area (Å²) < 4.78 is 24.6. The Morgan fingerprint density at radius 3 is 1.87 bits per heavy atom. The van der Waals surface area contributed by atoms with Crippen LogP contribution in [0.2, 0.25) is 0 Å². The first kappa shape index (κ1) is 40.4. The monoisotopic (exact) mass is 644 g/mol. The molecule has 0 aromatic carbocycles. The number of ketones is 1. The zero-order valence-corrected chi connectivity index (χ0v) is 28.9. The Morgan fingerprint density at radius 2 is 1.42 bits per heavy atom. The SMILES string of the molecule is CC(=O)NC1[C@@H](OC(C)(C)C)OC(CO)[C@@H](OC(C)(C)C)[C@@H]1O[C@H](C)C(=O)N[C@@H](C)C(=O)NC(CCC(=O)C(C)(C)C)C(N)=O. The molecule has 0 saturated carbocycles. The van der Waals surface area contributed by atoms with Crippen LogP contribution in [-0.2, 0) is 42.9 Å². The van der Waals surface area contributed by atoms with Crippen LogP contribution in [0.25, 0.3) is 0 Å². The Kier molecular flexibility index (Phi) is 14.6. The molecule has 0 bridgehead atoms. The number of carbonyl (C=O) groups is 5. The van der Waals surface area contributed by atoms with Crippen LogP contribution < -0.4 is 21.7 Å². The minimum atomic E-state index is -1.18. The third-order valence-corrected chi connectivity index (χ3v) is 6.79. The van der Waals surface area contributed by atoms with Crippen molar-refractivity contribution >= 4 is 29.4 Å². The van der Waals surface area contributed by atoms with Crippen molar-refractivity contribution in [1.82, 2.24) is 16.0 Å². The predicted octanol–water partition coefficient (Wildman–Crippen LogP) is 0.851. The number of aliphatic hydroxyl groups excluding tert-OH is 1. The third-order valence-electron chi connectivity index (χ3n) is 6.79. The van der Waals surface area contributed by atoms with Crippen molar-refractivity contribution in [2.45, 2.75) is 156 Å². The van der Waals surface area contributed by atoms with E-state index in [9.17, 15) is 29.1 Å². The second-order valence-corrected chi connectivity index (χ2v) is 14.5. The highest BCUT2D eigenvalue weighted by molar-refractivity contribution is 5.92. The molecule has 1 heterocycles. The Morgan fingerprint density at radius 1 is 0.867 bits per heavy atom. The predicted molar refractivity (Wildman–Crippen MR) is 166 cm³/mol. The summed E-state index contributed by atoms with van der Waals surface area (Å²) in [6, 6.07) is -3.16. The minimum Gasteiger partial charge on any atom is -0.394 e. The fraction of sp³-hybridized carbons (Fsp3) is 0.839. The molecule has 1 fully saturated rings. The molecule has 1 saturated heterocycles. The number of hydrogen-bond donors (Lipinski definition) is 5. The van der Waals surface area contributed by atoms with E-state index in [1.165, 1.54) is 20.8 Å². The highest BCUT2D eigenvalue weighted by atomic mass is 16.7. The van der Waals surface area contributed by atoms with Gasteiger partial charge in [-0.2, -0.15) is 0 Å². The van der Waals surface area contributed by atoms with Gasteiger partial charge in [-0.05, 0) is 61.8 Å². The minimum absolute atomic E-state index is 0.0185. The molecule has 3 unspecified atom stereocenters. The number of amides is 4. The number of nitrogens with two attached hydrogens (primary N) is 1. The first-order chi connectivity index (χ1) is 20.4. The molecular formula is C31H56N4O10. The number of rotatable bonds is 14. The summed E-state index contributed by atoms with van der Waals surface area (Å²) in [5.74, 6) is -2.66. The van der Waals surface area contributed by atoms with E-state index in [-0.39, 0.29) is 18.6 Å². The van der Waals surface area contributed by atoms with Gasteiger partial charge in [-0.25, -0.2) is 0 Å². The van der Waals surface area contributed by atoms with Crippen molar-refractivity contribution in [1.29, 1.82) is 0 Å². The molecule has 1 rings (SSSR count). The van der Waals surface area contributed by atoms with Crippen LogP contribution in [-0.4, -0.2) is 101 Å². The summed E-state index contributed by atoms with van der Waals surface area (Å²) >= 11 is 0. The first-order valence-corrected chi connectivity index (χ1v) is 15.3. The van der Waals surface area contributed by atoms with Gasteiger partial charge in [-0.1, -0.05) is 20.8 Å². The van der Waals surface area contributed by atoms with Crippen molar-refractivity contribution in [3.05, 3.63) is 0 Å².